The molecule has 0 spiro atoms. The lowest BCUT2D eigenvalue weighted by molar-refractivity contribution is 0.927. The molecule has 0 aliphatic carbocycles. The molecule has 0 nitrogen and oxygen atoms in total. The lowest BCUT2D eigenvalue weighted by Gasteiger charge is -2.32. The van der Waals surface area contributed by atoms with Crippen LogP contribution in [0, 0.1) is 0 Å². The molecule has 0 unspecified atom stereocenters. The molecule has 0 saturated heterocycles. The second-order valence-electron chi connectivity index (χ2n) is 4.50. The number of hydrogen-bond acceptors (Lipinski definition) is 0. The van der Waals surface area contributed by atoms with E-state index in [4.69, 9.17) is 0 Å². The van der Waals surface area contributed by atoms with Crippen LogP contribution in [0.1, 0.15) is 53.9 Å². The zero-order valence-electron chi connectivity index (χ0n) is 10.8. The predicted molar refractivity (Wildman–Crippen MR) is 70.5 cm³/mol. The standard InChI is InChI=1S/C13H28Si/c1-6-10-14(11-7-2,12-8-3)13(5)9-4/h9H,6-8,10-12H2,1-5H3. The van der Waals surface area contributed by atoms with Crippen molar-refractivity contribution in [3.63, 3.8) is 0 Å². The first kappa shape index (κ1) is 14.0. The molecule has 0 atom stereocenters. The third-order valence-electron chi connectivity index (χ3n) is 3.46. The highest BCUT2D eigenvalue weighted by molar-refractivity contribution is 6.86. The Balaban J connectivity index is 4.72. The zero-order chi connectivity index (χ0) is 11.0. The summed E-state index contributed by atoms with van der Waals surface area (Å²) >= 11 is 0. The first-order valence-corrected chi connectivity index (χ1v) is 8.92. The highest BCUT2D eigenvalue weighted by Crippen LogP contribution is 2.32. The zero-order valence-corrected chi connectivity index (χ0v) is 11.8. The smallest absolute Gasteiger partial charge is 0.0807 e. The summed E-state index contributed by atoms with van der Waals surface area (Å²) in [4.78, 5) is 0. The molecule has 0 radical (unpaired) electrons. The minimum atomic E-state index is -1.04. The van der Waals surface area contributed by atoms with Crippen LogP contribution in [0.5, 0.6) is 0 Å². The van der Waals surface area contributed by atoms with Crippen molar-refractivity contribution in [3.05, 3.63) is 11.3 Å². The van der Waals surface area contributed by atoms with Gasteiger partial charge in [0.2, 0.25) is 0 Å². The van der Waals surface area contributed by atoms with Crippen molar-refractivity contribution < 1.29 is 0 Å². The molecule has 0 N–H and O–H groups in total. The fourth-order valence-corrected chi connectivity index (χ4v) is 8.13. The number of allylic oxidation sites excluding steroid dienone is 2. The van der Waals surface area contributed by atoms with Crippen molar-refractivity contribution in [1.82, 2.24) is 0 Å². The van der Waals surface area contributed by atoms with E-state index < -0.39 is 8.07 Å². The van der Waals surface area contributed by atoms with E-state index in [1.165, 1.54) is 37.4 Å². The van der Waals surface area contributed by atoms with Gasteiger partial charge >= 0.3 is 0 Å². The van der Waals surface area contributed by atoms with Crippen LogP contribution in [0.25, 0.3) is 0 Å². The Labute approximate surface area is 91.8 Å². The molecule has 0 saturated carbocycles. The van der Waals surface area contributed by atoms with Crippen LogP contribution in [0.3, 0.4) is 0 Å². The largest absolute Gasteiger partial charge is 0.0925 e. The van der Waals surface area contributed by atoms with Gasteiger partial charge in [-0.1, -0.05) is 69.4 Å². The summed E-state index contributed by atoms with van der Waals surface area (Å²) in [7, 11) is -1.04. The average Bonchev–Trinajstić information content (AvgIpc) is 2.17. The van der Waals surface area contributed by atoms with Crippen molar-refractivity contribution in [2.45, 2.75) is 72.0 Å². The van der Waals surface area contributed by atoms with E-state index >= 15 is 0 Å². The quantitative estimate of drug-likeness (QED) is 0.511. The van der Waals surface area contributed by atoms with Gasteiger partial charge in [0.15, 0.2) is 0 Å². The van der Waals surface area contributed by atoms with Gasteiger partial charge in [-0.3, -0.25) is 0 Å². The Morgan fingerprint density at radius 2 is 1.29 bits per heavy atom. The highest BCUT2D eigenvalue weighted by atomic mass is 28.3. The van der Waals surface area contributed by atoms with Crippen molar-refractivity contribution in [1.29, 1.82) is 0 Å². The van der Waals surface area contributed by atoms with E-state index in [2.05, 4.69) is 40.7 Å². The molecule has 0 aromatic carbocycles. The van der Waals surface area contributed by atoms with Crippen molar-refractivity contribution in [2.24, 2.45) is 0 Å². The first-order chi connectivity index (χ1) is 6.66. The lowest BCUT2D eigenvalue weighted by Crippen LogP contribution is -2.35. The van der Waals surface area contributed by atoms with Crippen molar-refractivity contribution in [2.75, 3.05) is 0 Å². The topological polar surface area (TPSA) is 0 Å². The third-order valence-corrected chi connectivity index (χ3v) is 9.79. The maximum Gasteiger partial charge on any atom is 0.0807 e. The molecule has 0 bridgehead atoms. The second-order valence-corrected chi connectivity index (χ2v) is 9.35. The molecule has 1 heteroatoms. The summed E-state index contributed by atoms with van der Waals surface area (Å²) in [5.74, 6) is 0. The van der Waals surface area contributed by atoms with Gasteiger partial charge < -0.3 is 0 Å². The fourth-order valence-electron chi connectivity index (χ4n) is 2.71. The molecule has 0 aliphatic heterocycles. The Bertz CT molecular complexity index is 153. The molecular weight excluding hydrogens is 184 g/mol. The average molecular weight is 212 g/mol. The van der Waals surface area contributed by atoms with Crippen LogP contribution in [0.4, 0.5) is 0 Å². The Hall–Kier alpha value is -0.0431. The molecule has 0 aliphatic rings. The number of hydrogen-bond donors (Lipinski definition) is 0. The van der Waals surface area contributed by atoms with Crippen LogP contribution in [-0.4, -0.2) is 8.07 Å². The summed E-state index contributed by atoms with van der Waals surface area (Å²) in [6, 6.07) is 4.51. The number of rotatable bonds is 7. The molecule has 0 heterocycles. The molecular formula is C13H28Si. The Morgan fingerprint density at radius 3 is 1.50 bits per heavy atom. The highest BCUT2D eigenvalue weighted by Gasteiger charge is 2.31. The molecule has 0 aromatic rings. The van der Waals surface area contributed by atoms with Gasteiger partial charge in [0.05, 0.1) is 8.07 Å². The van der Waals surface area contributed by atoms with Crippen LogP contribution in [0.2, 0.25) is 18.1 Å². The van der Waals surface area contributed by atoms with Crippen molar-refractivity contribution >= 4 is 8.07 Å². The monoisotopic (exact) mass is 212 g/mol. The first-order valence-electron chi connectivity index (χ1n) is 6.30. The van der Waals surface area contributed by atoms with Crippen LogP contribution in [0.15, 0.2) is 11.3 Å². The SMILES string of the molecule is CC=C(C)[Si](CCC)(CCC)CCC. The summed E-state index contributed by atoms with van der Waals surface area (Å²) in [5, 5.41) is 1.75. The van der Waals surface area contributed by atoms with Gasteiger partial charge in [-0.05, 0) is 13.8 Å². The third kappa shape index (κ3) is 3.60. The Kier molecular flexibility index (Phi) is 7.25. The van der Waals surface area contributed by atoms with E-state index in [1.807, 2.05) is 0 Å². The summed E-state index contributed by atoms with van der Waals surface area (Å²) in [5.41, 5.74) is 0. The van der Waals surface area contributed by atoms with Gasteiger partial charge in [-0.25, -0.2) is 0 Å². The molecule has 0 aromatic heterocycles. The summed E-state index contributed by atoms with van der Waals surface area (Å²) in [6.45, 7) is 11.6. The fraction of sp³-hybridized carbons (Fsp3) is 0.846. The minimum Gasteiger partial charge on any atom is -0.0925 e. The summed E-state index contributed by atoms with van der Waals surface area (Å²) < 4.78 is 0. The molecule has 0 amide bonds. The lowest BCUT2D eigenvalue weighted by atomic mass is 10.5. The van der Waals surface area contributed by atoms with Gasteiger partial charge in [-0.15, -0.1) is 0 Å². The van der Waals surface area contributed by atoms with Gasteiger partial charge in [0.25, 0.3) is 0 Å². The van der Waals surface area contributed by atoms with Crippen LogP contribution < -0.4 is 0 Å². The maximum atomic E-state index is 2.38. The van der Waals surface area contributed by atoms with Gasteiger partial charge in [-0.2, -0.15) is 0 Å². The molecule has 84 valence electrons. The maximum absolute atomic E-state index is 2.38. The van der Waals surface area contributed by atoms with Gasteiger partial charge in [0, 0.05) is 0 Å². The second kappa shape index (κ2) is 7.28. The summed E-state index contributed by atoms with van der Waals surface area (Å²) in [6.07, 6.45) is 6.50. The van der Waals surface area contributed by atoms with Crippen LogP contribution >= 0.6 is 0 Å². The van der Waals surface area contributed by atoms with E-state index in [0.29, 0.717) is 0 Å². The van der Waals surface area contributed by atoms with E-state index in [9.17, 15) is 0 Å². The van der Waals surface area contributed by atoms with E-state index in [1.54, 1.807) is 5.20 Å². The van der Waals surface area contributed by atoms with E-state index in [0.717, 1.165) is 0 Å². The van der Waals surface area contributed by atoms with Gasteiger partial charge in [0.1, 0.15) is 0 Å². The molecule has 0 rings (SSSR count). The Morgan fingerprint density at radius 1 is 0.929 bits per heavy atom. The van der Waals surface area contributed by atoms with E-state index in [-0.39, 0.29) is 0 Å². The predicted octanol–water partition coefficient (Wildman–Crippen LogP) is 5.17. The van der Waals surface area contributed by atoms with Crippen molar-refractivity contribution in [3.8, 4) is 0 Å². The van der Waals surface area contributed by atoms with Crippen LogP contribution in [-0.2, 0) is 0 Å². The minimum absolute atomic E-state index is 1.04. The normalized spacial score (nSPS) is 13.4. The molecule has 14 heavy (non-hydrogen) atoms. The molecule has 0 fully saturated rings.